The molecule has 0 amide bonds. The van der Waals surface area contributed by atoms with Crippen LogP contribution in [0.2, 0.25) is 0 Å². The molecule has 2 N–H and O–H groups in total. The zero-order valence-electron chi connectivity index (χ0n) is 11.9. The summed E-state index contributed by atoms with van der Waals surface area (Å²) < 4.78 is 25.2. The second kappa shape index (κ2) is 5.95. The fourth-order valence-corrected chi connectivity index (χ4v) is 3.45. The van der Waals surface area contributed by atoms with Crippen molar-refractivity contribution in [1.82, 2.24) is 0 Å². The lowest BCUT2D eigenvalue weighted by Crippen LogP contribution is -2.43. The van der Waals surface area contributed by atoms with Gasteiger partial charge in [0.1, 0.15) is 17.7 Å². The Hall–Kier alpha value is -1.11. The molecule has 1 saturated heterocycles. The quantitative estimate of drug-likeness (QED) is 0.827. The largest absolute Gasteiger partial charge is 0.492 e. The smallest absolute Gasteiger partial charge is 0.490 e. The predicted molar refractivity (Wildman–Crippen MR) is 77.0 cm³/mol. The van der Waals surface area contributed by atoms with Crippen LogP contribution in [0, 0.1) is 5.82 Å². The van der Waals surface area contributed by atoms with Gasteiger partial charge in [-0.3, -0.25) is 0 Å². The van der Waals surface area contributed by atoms with Crippen molar-refractivity contribution in [2.45, 2.75) is 50.2 Å². The predicted octanol–water partition coefficient (Wildman–Crippen LogP) is 1.38. The highest BCUT2D eigenvalue weighted by Gasteiger charge is 2.41. The van der Waals surface area contributed by atoms with Crippen LogP contribution in [0.25, 0.3) is 0 Å². The molecule has 0 radical (unpaired) electrons. The third-order valence-electron chi connectivity index (χ3n) is 4.51. The van der Waals surface area contributed by atoms with Gasteiger partial charge in [0.25, 0.3) is 0 Å². The number of rotatable bonds is 3. The van der Waals surface area contributed by atoms with Gasteiger partial charge in [-0.15, -0.1) is 0 Å². The molecule has 1 saturated carbocycles. The Bertz CT molecular complexity index is 502. The van der Waals surface area contributed by atoms with Crippen molar-refractivity contribution in [2.75, 3.05) is 6.61 Å². The molecule has 1 unspecified atom stereocenters. The van der Waals surface area contributed by atoms with Crippen LogP contribution >= 0.6 is 0 Å². The molecule has 2 fully saturated rings. The summed E-state index contributed by atoms with van der Waals surface area (Å²) in [7, 11) is -1.67. The first-order valence-electron chi connectivity index (χ1n) is 7.54. The number of hydrogen-bond donors (Lipinski definition) is 2. The number of halogens is 1. The van der Waals surface area contributed by atoms with Crippen molar-refractivity contribution in [1.29, 1.82) is 0 Å². The monoisotopic (exact) mass is 294 g/mol. The fourth-order valence-electron chi connectivity index (χ4n) is 3.45. The minimum Gasteiger partial charge on any atom is -0.490 e. The molecular formula is C15H20BFO4. The van der Waals surface area contributed by atoms with Crippen LogP contribution in [0.3, 0.4) is 0 Å². The van der Waals surface area contributed by atoms with E-state index in [1.54, 1.807) is 0 Å². The molecule has 2 aliphatic rings. The summed E-state index contributed by atoms with van der Waals surface area (Å²) in [5.41, 5.74) is 0.109. The minimum absolute atomic E-state index is 0.0730. The van der Waals surface area contributed by atoms with Crippen LogP contribution in [0.15, 0.2) is 18.2 Å². The Kier molecular flexibility index (Phi) is 4.20. The maximum Gasteiger partial charge on any atom is 0.492 e. The highest BCUT2D eigenvalue weighted by atomic mass is 19.1. The Balaban J connectivity index is 1.75. The lowest BCUT2D eigenvalue weighted by Gasteiger charge is -2.38. The molecule has 1 atom stereocenters. The van der Waals surface area contributed by atoms with Crippen LogP contribution in [0.1, 0.15) is 38.5 Å². The Morgan fingerprint density at radius 3 is 2.76 bits per heavy atom. The van der Waals surface area contributed by atoms with Gasteiger partial charge in [-0.25, -0.2) is 4.39 Å². The molecule has 1 heterocycles. The van der Waals surface area contributed by atoms with Crippen molar-refractivity contribution in [3.05, 3.63) is 24.0 Å². The molecular weight excluding hydrogens is 274 g/mol. The lowest BCUT2D eigenvalue weighted by molar-refractivity contribution is -0.108. The average molecular weight is 294 g/mol. The van der Waals surface area contributed by atoms with Crippen LogP contribution in [-0.4, -0.2) is 35.5 Å². The molecule has 21 heavy (non-hydrogen) atoms. The van der Waals surface area contributed by atoms with Crippen LogP contribution < -0.4 is 10.2 Å². The summed E-state index contributed by atoms with van der Waals surface area (Å²) in [5, 5.41) is 18.7. The van der Waals surface area contributed by atoms with Gasteiger partial charge in [-0.05, 0) is 18.9 Å². The van der Waals surface area contributed by atoms with Crippen LogP contribution in [0.5, 0.6) is 5.75 Å². The van der Waals surface area contributed by atoms with Gasteiger partial charge in [0.15, 0.2) is 0 Å². The van der Waals surface area contributed by atoms with E-state index in [2.05, 4.69) is 0 Å². The van der Waals surface area contributed by atoms with Gasteiger partial charge in [-0.2, -0.15) is 0 Å². The van der Waals surface area contributed by atoms with Crippen LogP contribution in [-0.2, 0) is 4.74 Å². The summed E-state index contributed by atoms with van der Waals surface area (Å²) >= 11 is 0. The summed E-state index contributed by atoms with van der Waals surface area (Å²) in [6, 6.07) is 3.76. The van der Waals surface area contributed by atoms with Gasteiger partial charge in [0, 0.05) is 24.4 Å². The normalized spacial score (nSPS) is 24.2. The van der Waals surface area contributed by atoms with Gasteiger partial charge in [0.2, 0.25) is 0 Å². The van der Waals surface area contributed by atoms with Crippen LogP contribution in [0.4, 0.5) is 4.39 Å². The molecule has 0 bridgehead atoms. The lowest BCUT2D eigenvalue weighted by atomic mass is 9.79. The number of ether oxygens (including phenoxy) is 2. The molecule has 3 rings (SSSR count). The van der Waals surface area contributed by atoms with E-state index >= 15 is 0 Å². The number of benzene rings is 1. The molecule has 1 aromatic carbocycles. The SMILES string of the molecule is OB(O)c1ccc(F)cc1OC1CCOC2(CCCC2)C1. The first kappa shape index (κ1) is 14.8. The zero-order chi connectivity index (χ0) is 14.9. The van der Waals surface area contributed by atoms with Gasteiger partial charge in [0.05, 0.1) is 12.2 Å². The summed E-state index contributed by atoms with van der Waals surface area (Å²) in [6.45, 7) is 0.636. The Morgan fingerprint density at radius 2 is 2.05 bits per heavy atom. The van der Waals surface area contributed by atoms with Crippen molar-refractivity contribution in [3.8, 4) is 5.75 Å². The van der Waals surface area contributed by atoms with Gasteiger partial charge >= 0.3 is 7.12 Å². The summed E-state index contributed by atoms with van der Waals surface area (Å²) in [4.78, 5) is 0. The standard InChI is InChI=1S/C15H20BFO4/c17-11-3-4-13(16(18)19)14(9-11)21-12-5-8-20-15(10-12)6-1-2-7-15/h3-4,9,12,18-19H,1-2,5-8,10H2. The first-order valence-corrected chi connectivity index (χ1v) is 7.54. The fraction of sp³-hybridized carbons (Fsp3) is 0.600. The summed E-state index contributed by atoms with van der Waals surface area (Å²) in [6.07, 6.45) is 5.89. The van der Waals surface area contributed by atoms with E-state index in [1.165, 1.54) is 31.0 Å². The average Bonchev–Trinajstić information content (AvgIpc) is 2.86. The van der Waals surface area contributed by atoms with E-state index in [0.29, 0.717) is 6.61 Å². The van der Waals surface area contributed by atoms with E-state index < -0.39 is 12.9 Å². The minimum atomic E-state index is -1.67. The third-order valence-corrected chi connectivity index (χ3v) is 4.51. The zero-order valence-corrected chi connectivity index (χ0v) is 11.9. The third kappa shape index (κ3) is 3.22. The van der Waals surface area contributed by atoms with E-state index in [-0.39, 0.29) is 22.9 Å². The maximum atomic E-state index is 13.4. The first-order chi connectivity index (χ1) is 10.1. The van der Waals surface area contributed by atoms with Gasteiger partial charge in [-0.1, -0.05) is 18.9 Å². The summed E-state index contributed by atoms with van der Waals surface area (Å²) in [5.74, 6) is -0.234. The Morgan fingerprint density at radius 1 is 1.29 bits per heavy atom. The van der Waals surface area contributed by atoms with E-state index in [0.717, 1.165) is 25.7 Å². The highest BCUT2D eigenvalue weighted by Crippen LogP contribution is 2.40. The highest BCUT2D eigenvalue weighted by molar-refractivity contribution is 6.59. The molecule has 0 aromatic heterocycles. The second-order valence-electron chi connectivity index (χ2n) is 6.03. The molecule has 4 nitrogen and oxygen atoms in total. The van der Waals surface area contributed by atoms with Crippen molar-refractivity contribution in [3.63, 3.8) is 0 Å². The van der Waals surface area contributed by atoms with Gasteiger partial charge < -0.3 is 19.5 Å². The topological polar surface area (TPSA) is 58.9 Å². The Labute approximate surface area is 124 Å². The number of hydrogen-bond acceptors (Lipinski definition) is 4. The molecule has 114 valence electrons. The van der Waals surface area contributed by atoms with E-state index in [9.17, 15) is 14.4 Å². The molecule has 1 aromatic rings. The maximum absolute atomic E-state index is 13.4. The van der Waals surface area contributed by atoms with E-state index in [1.807, 2.05) is 0 Å². The molecule has 1 spiro atoms. The van der Waals surface area contributed by atoms with Crippen molar-refractivity contribution in [2.24, 2.45) is 0 Å². The molecule has 6 heteroatoms. The molecule has 1 aliphatic carbocycles. The molecule has 1 aliphatic heterocycles. The van der Waals surface area contributed by atoms with Crippen molar-refractivity contribution >= 4 is 12.6 Å². The van der Waals surface area contributed by atoms with E-state index in [4.69, 9.17) is 9.47 Å². The van der Waals surface area contributed by atoms with Crippen molar-refractivity contribution < 1.29 is 23.9 Å². The second-order valence-corrected chi connectivity index (χ2v) is 6.03.